The molecule has 4 nitrogen and oxygen atoms in total. The maximum atomic E-state index is 5.20. The van der Waals surface area contributed by atoms with Crippen LogP contribution in [0, 0.1) is 0 Å². The zero-order valence-electron chi connectivity index (χ0n) is 22.8. The van der Waals surface area contributed by atoms with Gasteiger partial charge in [0.2, 0.25) is 0 Å². The molecule has 2 aliphatic rings. The number of hydrogen-bond acceptors (Lipinski definition) is 2. The Hall–Kier alpha value is -2.71. The van der Waals surface area contributed by atoms with Crippen LogP contribution < -0.4 is 9.97 Å². The average Bonchev–Trinajstić information content (AvgIpc) is 3.62. The van der Waals surface area contributed by atoms with E-state index in [4.69, 9.17) is 19.9 Å². The summed E-state index contributed by atoms with van der Waals surface area (Å²) in [5, 5.41) is 0. The molecule has 202 valence electrons. The van der Waals surface area contributed by atoms with Gasteiger partial charge in [-0.2, -0.15) is 0 Å². The van der Waals surface area contributed by atoms with Crippen molar-refractivity contribution in [1.82, 2.24) is 19.9 Å². The van der Waals surface area contributed by atoms with Gasteiger partial charge >= 0.3 is 21.1 Å². The summed E-state index contributed by atoms with van der Waals surface area (Å²) in [5.41, 5.74) is 16.1. The maximum absolute atomic E-state index is 5.20. The number of fused-ring (bicyclic) bond motifs is 8. The van der Waals surface area contributed by atoms with Crippen LogP contribution in [-0.2, 0) is 46.7 Å². The van der Waals surface area contributed by atoms with Crippen LogP contribution in [-0.4, -0.2) is 9.97 Å². The Morgan fingerprint density at radius 3 is 1.16 bits per heavy atom. The van der Waals surface area contributed by atoms with Crippen molar-refractivity contribution >= 4 is 45.4 Å². The minimum atomic E-state index is 0. The molecule has 0 spiro atoms. The Morgan fingerprint density at radius 2 is 0.842 bits per heavy atom. The molecule has 0 aromatic carbocycles. The van der Waals surface area contributed by atoms with Gasteiger partial charge in [0.15, 0.2) is 0 Å². The summed E-state index contributed by atoms with van der Waals surface area (Å²) in [4.78, 5) is 20.4. The van der Waals surface area contributed by atoms with Gasteiger partial charge in [0, 0.05) is 0 Å². The summed E-state index contributed by atoms with van der Waals surface area (Å²) in [6.45, 7) is 13.3. The first-order chi connectivity index (χ1) is 17.5. The molecule has 5 heteroatoms. The Kier molecular flexibility index (Phi) is 9.76. The van der Waals surface area contributed by atoms with E-state index in [1.54, 1.807) is 0 Å². The maximum Gasteiger partial charge on any atom is 2.00 e. The Labute approximate surface area is 242 Å². The molecule has 3 aromatic heterocycles. The second-order valence-electron chi connectivity index (χ2n) is 9.51. The van der Waals surface area contributed by atoms with Gasteiger partial charge in [-0.15, -0.1) is 22.1 Å². The van der Waals surface area contributed by atoms with E-state index in [1.807, 2.05) is 0 Å². The van der Waals surface area contributed by atoms with Crippen LogP contribution in [0.15, 0.2) is 24.3 Å². The van der Waals surface area contributed by atoms with E-state index in [2.05, 4.69) is 78.0 Å². The third-order valence-corrected chi connectivity index (χ3v) is 7.59. The summed E-state index contributed by atoms with van der Waals surface area (Å²) in [5.74, 6) is 0. The molecule has 0 aliphatic carbocycles. The van der Waals surface area contributed by atoms with E-state index >= 15 is 0 Å². The van der Waals surface area contributed by atoms with E-state index in [1.165, 1.54) is 33.4 Å². The predicted molar refractivity (Wildman–Crippen MR) is 160 cm³/mol. The first-order valence-corrected chi connectivity index (χ1v) is 13.6. The van der Waals surface area contributed by atoms with Crippen molar-refractivity contribution in [1.29, 1.82) is 0 Å². The Bertz CT molecular complexity index is 1440. The van der Waals surface area contributed by atoms with E-state index in [0.717, 1.165) is 83.4 Å². The van der Waals surface area contributed by atoms with Crippen molar-refractivity contribution in [2.45, 2.75) is 87.5 Å². The molecular weight excluding hydrogens is 647 g/mol. The molecule has 0 fully saturated rings. The van der Waals surface area contributed by atoms with E-state index in [-0.39, 0.29) is 28.5 Å². The molecule has 2 aliphatic heterocycles. The molecule has 38 heavy (non-hydrogen) atoms. The Balaban J connectivity index is 0.00000200. The summed E-state index contributed by atoms with van der Waals surface area (Å²) in [6.07, 6.45) is 9.87. The zero-order chi connectivity index (χ0) is 25.4. The fourth-order valence-corrected chi connectivity index (χ4v) is 5.90. The van der Waals surface area contributed by atoms with Crippen molar-refractivity contribution < 1.29 is 21.1 Å². The molecule has 0 atom stereocenters. The van der Waals surface area contributed by atoms with Crippen molar-refractivity contribution in [3.63, 3.8) is 0 Å². The number of rotatable bonds is 6. The number of hydrogen-bond donors (Lipinski definition) is 0. The van der Waals surface area contributed by atoms with Crippen LogP contribution in [0.2, 0.25) is 0 Å². The topological polar surface area (TPSA) is 54.0 Å². The second kappa shape index (κ2) is 12.4. The monoisotopic (exact) mass is 687 g/mol. The van der Waals surface area contributed by atoms with Gasteiger partial charge in [-0.3, -0.25) is 0 Å². The Morgan fingerprint density at radius 1 is 0.500 bits per heavy atom. The standard InChI is InChI=1S/C32H36N4.CH4.Pt/c1-7-21-23(9-3)29-17-31-25(11-5)26(12-6)32(36-31)18-30-24(10-4)22(8-2)28(35-30)16-20-14-13-19(33-20)15-27(21)34-29;;/h13-18H,7-12H2,1-6H3;1H4;/q-2;;+2. The number of allylic oxidation sites excluding steroid dienone is 2. The van der Waals surface area contributed by atoms with Gasteiger partial charge in [0.25, 0.3) is 0 Å². The van der Waals surface area contributed by atoms with Crippen LogP contribution in [0.5, 0.6) is 0 Å². The summed E-state index contributed by atoms with van der Waals surface area (Å²) in [7, 11) is 0. The largest absolute Gasteiger partial charge is 2.00 e. The minimum absolute atomic E-state index is 0. The number of aromatic nitrogens is 4. The summed E-state index contributed by atoms with van der Waals surface area (Å²) in [6, 6.07) is 8.71. The van der Waals surface area contributed by atoms with Gasteiger partial charge < -0.3 is 9.97 Å². The normalized spacial score (nSPS) is 12.5. The molecule has 5 rings (SSSR count). The predicted octanol–water partition coefficient (Wildman–Crippen LogP) is 8.36. The van der Waals surface area contributed by atoms with Gasteiger partial charge in [0.05, 0.1) is 22.8 Å². The zero-order valence-corrected chi connectivity index (χ0v) is 25.1. The van der Waals surface area contributed by atoms with Crippen LogP contribution >= 0.6 is 0 Å². The molecule has 0 saturated carbocycles. The van der Waals surface area contributed by atoms with Crippen LogP contribution in [0.25, 0.3) is 45.4 Å². The van der Waals surface area contributed by atoms with Crippen LogP contribution in [0.3, 0.4) is 0 Å². The molecule has 0 N–H and O–H groups in total. The first-order valence-electron chi connectivity index (χ1n) is 13.6. The van der Waals surface area contributed by atoms with Crippen molar-refractivity contribution in [2.75, 3.05) is 0 Å². The van der Waals surface area contributed by atoms with E-state index in [0.29, 0.717) is 0 Å². The average molecular weight is 688 g/mol. The molecule has 0 amide bonds. The van der Waals surface area contributed by atoms with Gasteiger partial charge in [0.1, 0.15) is 0 Å². The fourth-order valence-electron chi connectivity index (χ4n) is 5.90. The third kappa shape index (κ3) is 5.13. The van der Waals surface area contributed by atoms with Gasteiger partial charge in [-0.05, 0) is 61.8 Å². The molecule has 5 heterocycles. The van der Waals surface area contributed by atoms with Crippen LogP contribution in [0.1, 0.15) is 107 Å². The van der Waals surface area contributed by atoms with E-state index < -0.39 is 0 Å². The smallest absolute Gasteiger partial charge is 0.657 e. The molecule has 0 unspecified atom stereocenters. The van der Waals surface area contributed by atoms with Crippen molar-refractivity contribution in [3.05, 3.63) is 69.3 Å². The van der Waals surface area contributed by atoms with E-state index in [9.17, 15) is 0 Å². The molecule has 0 radical (unpaired) electrons. The quantitative estimate of drug-likeness (QED) is 0.205. The summed E-state index contributed by atoms with van der Waals surface area (Å²) >= 11 is 0. The van der Waals surface area contributed by atoms with Crippen LogP contribution in [0.4, 0.5) is 0 Å². The third-order valence-electron chi connectivity index (χ3n) is 7.59. The SMILES string of the molecule is C.CCC1=C(CC)c2cc3[n-]c(cc4nc(cc5[n-]c(cc1n2)c(CC)c5CC)C=C4)c(CC)c3CC.[Pt+2]. The molecule has 3 aromatic rings. The fraction of sp³-hybridized carbons (Fsp3) is 0.394. The van der Waals surface area contributed by atoms with Gasteiger partial charge in [-0.1, -0.05) is 95.5 Å². The molecule has 8 bridgehead atoms. The van der Waals surface area contributed by atoms with Crippen molar-refractivity contribution in [2.24, 2.45) is 0 Å². The molecular formula is C33H40N4Pt. The van der Waals surface area contributed by atoms with Crippen molar-refractivity contribution in [3.8, 4) is 0 Å². The number of nitrogens with zero attached hydrogens (tertiary/aromatic N) is 4. The van der Waals surface area contributed by atoms with Gasteiger partial charge in [-0.25, -0.2) is 9.97 Å². The first kappa shape index (κ1) is 29.8. The number of aryl methyl sites for hydroxylation is 4. The second-order valence-corrected chi connectivity index (χ2v) is 9.51. The summed E-state index contributed by atoms with van der Waals surface area (Å²) < 4.78 is 0. The molecule has 0 saturated heterocycles. The minimum Gasteiger partial charge on any atom is -0.657 e.